The van der Waals surface area contributed by atoms with Gasteiger partial charge < -0.3 is 20.3 Å². The number of carbonyl (C=O) groups excluding carboxylic acids is 1. The number of carbonyl (C=O) groups is 1. The van der Waals surface area contributed by atoms with E-state index in [1.807, 2.05) is 4.90 Å². The van der Waals surface area contributed by atoms with Crippen LogP contribution in [-0.2, 0) is 20.9 Å². The highest BCUT2D eigenvalue weighted by molar-refractivity contribution is 7.88. The summed E-state index contributed by atoms with van der Waals surface area (Å²) in [5.74, 6) is -0.632. The molecule has 2 aliphatic heterocycles. The molecule has 1 aromatic carbocycles. The van der Waals surface area contributed by atoms with Crippen LogP contribution in [-0.4, -0.2) is 92.3 Å². The quantitative estimate of drug-likeness (QED) is 0.607. The van der Waals surface area contributed by atoms with Crippen molar-refractivity contribution in [1.82, 2.24) is 19.3 Å². The molecule has 2 saturated heterocycles. The summed E-state index contributed by atoms with van der Waals surface area (Å²) in [5.41, 5.74) is 3.85. The number of primary amides is 1. The van der Waals surface area contributed by atoms with Crippen LogP contribution in [0.15, 0.2) is 18.2 Å². The van der Waals surface area contributed by atoms with E-state index >= 15 is 0 Å². The van der Waals surface area contributed by atoms with Crippen molar-refractivity contribution in [1.29, 1.82) is 0 Å². The lowest BCUT2D eigenvalue weighted by Gasteiger charge is -2.34. The Morgan fingerprint density at radius 2 is 1.51 bits per heavy atom. The fraction of sp³-hybridized carbons (Fsp3) is 0.500. The maximum atomic E-state index is 13.5. The number of halogens is 3. The van der Waals surface area contributed by atoms with Crippen LogP contribution in [0.1, 0.15) is 15.9 Å². The number of nitrogens with zero attached hydrogens (tertiary/aromatic N) is 6. The molecule has 2 aromatic rings. The zero-order valence-electron chi connectivity index (χ0n) is 18.8. The Kier molecular flexibility index (Phi) is 6.83. The largest absolute Gasteiger partial charge is 0.416 e. The van der Waals surface area contributed by atoms with E-state index in [9.17, 15) is 26.4 Å². The maximum absolute atomic E-state index is 13.5. The number of piperazine rings is 1. The van der Waals surface area contributed by atoms with Gasteiger partial charge in [0, 0.05) is 50.4 Å². The number of sulfonamides is 1. The molecule has 0 saturated carbocycles. The number of ether oxygens (including phenoxy) is 1. The van der Waals surface area contributed by atoms with Gasteiger partial charge in [-0.1, -0.05) is 0 Å². The van der Waals surface area contributed by atoms with Gasteiger partial charge in [-0.3, -0.25) is 4.79 Å². The molecule has 0 spiro atoms. The first-order valence-electron chi connectivity index (χ1n) is 10.7. The molecular formula is C20H24F3N7O4S. The Morgan fingerprint density at radius 3 is 2.03 bits per heavy atom. The normalized spacial score (nSPS) is 18.1. The second-order valence-corrected chi connectivity index (χ2v) is 10.2. The number of nitrogens with two attached hydrogens (primary N) is 1. The third-order valence-corrected chi connectivity index (χ3v) is 7.00. The first-order valence-corrected chi connectivity index (χ1v) is 12.6. The molecule has 4 rings (SSSR count). The predicted molar refractivity (Wildman–Crippen MR) is 120 cm³/mol. The Morgan fingerprint density at radius 1 is 0.943 bits per heavy atom. The average molecular weight is 516 g/mol. The van der Waals surface area contributed by atoms with Crippen LogP contribution in [0, 0.1) is 0 Å². The first-order chi connectivity index (χ1) is 16.4. The summed E-state index contributed by atoms with van der Waals surface area (Å²) in [7, 11) is -3.36. The summed E-state index contributed by atoms with van der Waals surface area (Å²) in [4.78, 5) is 28.6. The van der Waals surface area contributed by atoms with E-state index < -0.39 is 27.7 Å². The molecule has 190 valence electrons. The van der Waals surface area contributed by atoms with Crippen LogP contribution in [0.4, 0.5) is 25.1 Å². The molecule has 1 amide bonds. The molecule has 2 fully saturated rings. The standard InChI is InChI=1S/C20H24F3N7O4S/c1-35(32,33)30-4-2-28(3-5-30)18-25-17(26-19(27-18)29-6-8-34-9-7-29)14-10-13(16(24)31)11-15(12-14)20(21,22)23/h10-12H,2-9H2,1H3,(H2,24,31). The van der Waals surface area contributed by atoms with E-state index in [2.05, 4.69) is 15.0 Å². The van der Waals surface area contributed by atoms with Crippen molar-refractivity contribution < 1.29 is 31.1 Å². The highest BCUT2D eigenvalue weighted by atomic mass is 32.2. The fourth-order valence-electron chi connectivity index (χ4n) is 3.81. The van der Waals surface area contributed by atoms with Crippen molar-refractivity contribution in [2.45, 2.75) is 6.18 Å². The van der Waals surface area contributed by atoms with Gasteiger partial charge in [0.1, 0.15) is 0 Å². The Balaban J connectivity index is 1.77. The van der Waals surface area contributed by atoms with E-state index in [-0.39, 0.29) is 55.0 Å². The molecule has 1 aromatic heterocycles. The number of aromatic nitrogens is 3. The highest BCUT2D eigenvalue weighted by Gasteiger charge is 2.33. The minimum atomic E-state index is -4.72. The SMILES string of the molecule is CS(=O)(=O)N1CCN(c2nc(-c3cc(C(N)=O)cc(C(F)(F)F)c3)nc(N3CCOCC3)n2)CC1. The number of anilines is 2. The van der Waals surface area contributed by atoms with E-state index in [0.29, 0.717) is 32.4 Å². The first kappa shape index (κ1) is 25.1. The predicted octanol–water partition coefficient (Wildman–Crippen LogP) is 0.575. The van der Waals surface area contributed by atoms with Crippen molar-refractivity contribution in [2.75, 3.05) is 68.5 Å². The monoisotopic (exact) mass is 515 g/mol. The molecule has 2 N–H and O–H groups in total. The lowest BCUT2D eigenvalue weighted by molar-refractivity contribution is -0.137. The summed E-state index contributed by atoms with van der Waals surface area (Å²) >= 11 is 0. The molecule has 0 unspecified atom stereocenters. The molecule has 0 radical (unpaired) electrons. The number of alkyl halides is 3. The van der Waals surface area contributed by atoms with E-state index in [1.54, 1.807) is 4.90 Å². The van der Waals surface area contributed by atoms with Gasteiger partial charge in [0.25, 0.3) is 0 Å². The summed E-state index contributed by atoms with van der Waals surface area (Å²) in [5, 5.41) is 0. The number of hydrogen-bond donors (Lipinski definition) is 1. The van der Waals surface area contributed by atoms with Gasteiger partial charge in [-0.2, -0.15) is 32.4 Å². The summed E-state index contributed by atoms with van der Waals surface area (Å²) in [6, 6.07) is 2.75. The van der Waals surface area contributed by atoms with Crippen LogP contribution in [0.3, 0.4) is 0 Å². The molecule has 2 aliphatic rings. The smallest absolute Gasteiger partial charge is 0.378 e. The summed E-state index contributed by atoms with van der Waals surface area (Å²) < 4.78 is 70.9. The van der Waals surface area contributed by atoms with Crippen LogP contribution in [0.2, 0.25) is 0 Å². The molecule has 11 nitrogen and oxygen atoms in total. The number of rotatable bonds is 5. The minimum Gasteiger partial charge on any atom is -0.378 e. The molecule has 0 atom stereocenters. The van der Waals surface area contributed by atoms with Crippen molar-refractivity contribution >= 4 is 27.8 Å². The molecule has 0 bridgehead atoms. The second kappa shape index (κ2) is 9.54. The molecule has 3 heterocycles. The number of morpholine rings is 1. The Labute approximate surface area is 199 Å². The Bertz CT molecular complexity index is 1210. The van der Waals surface area contributed by atoms with E-state index in [4.69, 9.17) is 10.5 Å². The topological polar surface area (TPSA) is 135 Å². The van der Waals surface area contributed by atoms with Crippen molar-refractivity contribution in [3.8, 4) is 11.4 Å². The zero-order chi connectivity index (χ0) is 25.4. The zero-order valence-corrected chi connectivity index (χ0v) is 19.6. The lowest BCUT2D eigenvalue weighted by atomic mass is 10.0. The van der Waals surface area contributed by atoms with Gasteiger partial charge in [0.05, 0.1) is 25.0 Å². The van der Waals surface area contributed by atoms with Gasteiger partial charge in [-0.15, -0.1) is 0 Å². The van der Waals surface area contributed by atoms with Gasteiger partial charge in [0.15, 0.2) is 5.82 Å². The van der Waals surface area contributed by atoms with Gasteiger partial charge >= 0.3 is 6.18 Å². The number of amides is 1. The molecular weight excluding hydrogens is 491 g/mol. The lowest BCUT2D eigenvalue weighted by Crippen LogP contribution is -2.49. The second-order valence-electron chi connectivity index (χ2n) is 8.17. The third-order valence-electron chi connectivity index (χ3n) is 5.70. The van der Waals surface area contributed by atoms with Crippen molar-refractivity contribution in [3.63, 3.8) is 0 Å². The molecule has 35 heavy (non-hydrogen) atoms. The van der Waals surface area contributed by atoms with Crippen molar-refractivity contribution in [3.05, 3.63) is 29.3 Å². The van der Waals surface area contributed by atoms with Crippen LogP contribution in [0.5, 0.6) is 0 Å². The van der Waals surface area contributed by atoms with Gasteiger partial charge in [0.2, 0.25) is 27.8 Å². The average Bonchev–Trinajstić information content (AvgIpc) is 2.83. The summed E-state index contributed by atoms with van der Waals surface area (Å²) in [6.07, 6.45) is -3.59. The molecule has 0 aliphatic carbocycles. The van der Waals surface area contributed by atoms with E-state index in [0.717, 1.165) is 12.3 Å². The minimum absolute atomic E-state index is 0.0402. The number of benzene rings is 1. The number of hydrogen-bond acceptors (Lipinski definition) is 9. The van der Waals surface area contributed by atoms with Crippen LogP contribution >= 0.6 is 0 Å². The third kappa shape index (κ3) is 5.79. The van der Waals surface area contributed by atoms with E-state index in [1.165, 1.54) is 10.4 Å². The summed E-state index contributed by atoms with van der Waals surface area (Å²) in [6.45, 7) is 2.80. The van der Waals surface area contributed by atoms with Crippen LogP contribution < -0.4 is 15.5 Å². The maximum Gasteiger partial charge on any atom is 0.416 e. The fourth-order valence-corrected chi connectivity index (χ4v) is 4.64. The van der Waals surface area contributed by atoms with Crippen LogP contribution in [0.25, 0.3) is 11.4 Å². The molecule has 15 heteroatoms. The highest BCUT2D eigenvalue weighted by Crippen LogP contribution is 2.33. The van der Waals surface area contributed by atoms with Gasteiger partial charge in [-0.05, 0) is 18.2 Å². The van der Waals surface area contributed by atoms with Crippen molar-refractivity contribution in [2.24, 2.45) is 5.73 Å². The Hall–Kier alpha value is -3.04. The van der Waals surface area contributed by atoms with Gasteiger partial charge in [-0.25, -0.2) is 8.42 Å².